The normalized spacial score (nSPS) is 11.4. The summed E-state index contributed by atoms with van der Waals surface area (Å²) in [6.45, 7) is 0.184. The van der Waals surface area contributed by atoms with Crippen molar-refractivity contribution in [3.05, 3.63) is 95.6 Å². The molecule has 0 bridgehead atoms. The molecule has 1 N–H and O–H groups in total. The third kappa shape index (κ3) is 5.99. The van der Waals surface area contributed by atoms with Gasteiger partial charge in [0.2, 0.25) is 5.95 Å². The first-order chi connectivity index (χ1) is 16.5. The van der Waals surface area contributed by atoms with E-state index in [0.717, 1.165) is 16.8 Å². The van der Waals surface area contributed by atoms with E-state index in [4.69, 9.17) is 10.00 Å². The lowest BCUT2D eigenvalue weighted by molar-refractivity contribution is 0.305. The lowest BCUT2D eigenvalue weighted by Gasteiger charge is -2.12. The molecule has 1 heterocycles. The van der Waals surface area contributed by atoms with Crippen LogP contribution in [0.4, 0.5) is 16.0 Å². The highest BCUT2D eigenvalue weighted by molar-refractivity contribution is 7.83. The van der Waals surface area contributed by atoms with Gasteiger partial charge in [-0.25, -0.2) is 14.4 Å². The molecular formula is C25H20FN5O2S. The summed E-state index contributed by atoms with van der Waals surface area (Å²) in [7, 11) is -0.950. The number of hydrogen-bond acceptors (Lipinski definition) is 7. The van der Waals surface area contributed by atoms with Gasteiger partial charge in [0.1, 0.15) is 24.5 Å². The van der Waals surface area contributed by atoms with E-state index >= 15 is 0 Å². The second-order valence-corrected chi connectivity index (χ2v) is 8.85. The van der Waals surface area contributed by atoms with E-state index in [-0.39, 0.29) is 12.4 Å². The van der Waals surface area contributed by atoms with Crippen LogP contribution in [0.3, 0.4) is 0 Å². The quantitative estimate of drug-likeness (QED) is 0.394. The summed E-state index contributed by atoms with van der Waals surface area (Å²) < 4.78 is 31.4. The number of ether oxygens (including phenoxy) is 1. The van der Waals surface area contributed by atoms with E-state index in [2.05, 4.69) is 26.3 Å². The molecule has 7 nitrogen and oxygen atoms in total. The number of nitrogens with one attached hydrogen (secondary N) is 1. The zero-order valence-corrected chi connectivity index (χ0v) is 19.1. The lowest BCUT2D eigenvalue weighted by Crippen LogP contribution is -2.03. The van der Waals surface area contributed by atoms with Crippen molar-refractivity contribution in [1.82, 2.24) is 15.0 Å². The van der Waals surface area contributed by atoms with Crippen LogP contribution in [0.5, 0.6) is 5.75 Å². The van der Waals surface area contributed by atoms with Gasteiger partial charge in [0, 0.05) is 34.6 Å². The van der Waals surface area contributed by atoms with Crippen LogP contribution in [0.25, 0.3) is 11.4 Å². The summed E-state index contributed by atoms with van der Waals surface area (Å²) in [5.41, 5.74) is 3.57. The van der Waals surface area contributed by atoms with Crippen LogP contribution in [-0.4, -0.2) is 25.4 Å². The highest BCUT2D eigenvalue weighted by Crippen LogP contribution is 2.30. The fraction of sp³-hybridized carbons (Fsp3) is 0.120. The van der Waals surface area contributed by atoms with Gasteiger partial charge in [-0.1, -0.05) is 24.3 Å². The Labute approximate surface area is 198 Å². The van der Waals surface area contributed by atoms with Crippen LogP contribution >= 0.6 is 0 Å². The van der Waals surface area contributed by atoms with Gasteiger partial charge >= 0.3 is 0 Å². The van der Waals surface area contributed by atoms with Crippen LogP contribution in [0, 0.1) is 17.1 Å². The topological polar surface area (TPSA) is 101 Å². The zero-order valence-electron chi connectivity index (χ0n) is 18.2. The third-order valence-corrected chi connectivity index (χ3v) is 5.53. The molecule has 0 aliphatic heterocycles. The molecule has 170 valence electrons. The lowest BCUT2D eigenvalue weighted by atomic mass is 10.1. The van der Waals surface area contributed by atoms with E-state index in [9.17, 15) is 8.60 Å². The summed E-state index contributed by atoms with van der Waals surface area (Å²) in [4.78, 5) is 12.9. The van der Waals surface area contributed by atoms with E-state index < -0.39 is 16.6 Å². The minimum absolute atomic E-state index is 0.184. The van der Waals surface area contributed by atoms with Gasteiger partial charge in [-0.3, -0.25) is 4.21 Å². The van der Waals surface area contributed by atoms with Crippen LogP contribution in [0.15, 0.2) is 73.1 Å². The number of hydrogen-bond donors (Lipinski definition) is 1. The largest absolute Gasteiger partial charge is 0.488 e. The number of benzene rings is 3. The van der Waals surface area contributed by atoms with Gasteiger partial charge in [0.15, 0.2) is 5.82 Å². The summed E-state index contributed by atoms with van der Waals surface area (Å²) in [6, 6.07) is 20.7. The maximum Gasteiger partial charge on any atom is 0.230 e. The summed E-state index contributed by atoms with van der Waals surface area (Å²) in [5, 5.41) is 12.1. The van der Waals surface area contributed by atoms with Crippen molar-refractivity contribution in [1.29, 1.82) is 5.26 Å². The van der Waals surface area contributed by atoms with Gasteiger partial charge < -0.3 is 10.1 Å². The van der Waals surface area contributed by atoms with Gasteiger partial charge in [0.05, 0.1) is 17.2 Å². The van der Waals surface area contributed by atoms with Crippen LogP contribution in [-0.2, 0) is 23.2 Å². The molecule has 1 unspecified atom stereocenters. The molecular weight excluding hydrogens is 453 g/mol. The Kier molecular flexibility index (Phi) is 7.20. The fourth-order valence-corrected chi connectivity index (χ4v) is 3.87. The first-order valence-electron chi connectivity index (χ1n) is 10.3. The summed E-state index contributed by atoms with van der Waals surface area (Å²) in [6.07, 6.45) is 3.02. The Bertz CT molecular complexity index is 1370. The molecule has 0 saturated carbocycles. The number of aromatic nitrogens is 3. The Hall–Kier alpha value is -4.16. The van der Waals surface area contributed by atoms with Crippen molar-refractivity contribution in [3.63, 3.8) is 0 Å². The molecule has 3 aromatic carbocycles. The monoisotopic (exact) mass is 473 g/mol. The number of halogens is 1. The summed E-state index contributed by atoms with van der Waals surface area (Å²) in [5.74, 6) is 0.915. The SMILES string of the molecule is CS(=O)Cc1cccc(Nc2ncnc(-c3ccc(F)cc3OCc3ccc(C#N)cc3)n2)c1. The highest BCUT2D eigenvalue weighted by atomic mass is 32.2. The first kappa shape index (κ1) is 23.0. The highest BCUT2D eigenvalue weighted by Gasteiger charge is 2.13. The van der Waals surface area contributed by atoms with E-state index in [0.29, 0.717) is 28.7 Å². The molecule has 0 radical (unpaired) electrons. The fourth-order valence-electron chi connectivity index (χ4n) is 3.23. The van der Waals surface area contributed by atoms with Crippen molar-refractivity contribution in [3.8, 4) is 23.2 Å². The van der Waals surface area contributed by atoms with Crippen molar-refractivity contribution in [2.75, 3.05) is 11.6 Å². The van der Waals surface area contributed by atoms with E-state index in [1.165, 1.54) is 18.5 Å². The van der Waals surface area contributed by atoms with Gasteiger partial charge in [-0.2, -0.15) is 10.2 Å². The molecule has 34 heavy (non-hydrogen) atoms. The molecule has 0 spiro atoms. The first-order valence-corrected chi connectivity index (χ1v) is 12.0. The molecule has 1 aromatic heterocycles. The number of anilines is 2. The van der Waals surface area contributed by atoms with E-state index in [1.807, 2.05) is 24.3 Å². The minimum Gasteiger partial charge on any atom is -0.488 e. The van der Waals surface area contributed by atoms with Crippen molar-refractivity contribution in [2.24, 2.45) is 0 Å². The second kappa shape index (κ2) is 10.6. The average Bonchev–Trinajstić information content (AvgIpc) is 2.83. The third-order valence-electron chi connectivity index (χ3n) is 4.79. The standard InChI is InChI=1S/C25H20FN5O2S/c1-34(32)15-19-3-2-4-21(11-19)30-25-29-16-28-24(31-25)22-10-9-20(26)12-23(22)33-14-18-7-5-17(13-27)6-8-18/h2-12,16H,14-15H2,1H3,(H,28,29,30,31). The maximum absolute atomic E-state index is 14.0. The average molecular weight is 474 g/mol. The van der Waals surface area contributed by atoms with Crippen molar-refractivity contribution >= 4 is 22.4 Å². The Balaban J connectivity index is 1.56. The second-order valence-electron chi connectivity index (χ2n) is 7.41. The smallest absolute Gasteiger partial charge is 0.230 e. The molecule has 1 atom stereocenters. The molecule has 9 heteroatoms. The molecule has 0 fully saturated rings. The predicted molar refractivity (Wildman–Crippen MR) is 128 cm³/mol. The summed E-state index contributed by atoms with van der Waals surface area (Å²) >= 11 is 0. The number of rotatable bonds is 8. The van der Waals surface area contributed by atoms with Gasteiger partial charge in [0.25, 0.3) is 0 Å². The van der Waals surface area contributed by atoms with Crippen molar-refractivity contribution in [2.45, 2.75) is 12.4 Å². The van der Waals surface area contributed by atoms with Crippen molar-refractivity contribution < 1.29 is 13.3 Å². The van der Waals surface area contributed by atoms with E-state index in [1.54, 1.807) is 36.6 Å². The Morgan fingerprint density at radius 2 is 1.88 bits per heavy atom. The molecule has 4 rings (SSSR count). The zero-order chi connectivity index (χ0) is 23.9. The maximum atomic E-state index is 14.0. The predicted octanol–water partition coefficient (Wildman–Crippen LogP) is 4.75. The Morgan fingerprint density at radius 3 is 2.65 bits per heavy atom. The molecule has 0 saturated heterocycles. The van der Waals surface area contributed by atoms with Crippen LogP contribution < -0.4 is 10.1 Å². The molecule has 4 aromatic rings. The molecule has 0 amide bonds. The Morgan fingerprint density at radius 1 is 1.06 bits per heavy atom. The van der Waals surface area contributed by atoms with Crippen LogP contribution in [0.2, 0.25) is 0 Å². The van der Waals surface area contributed by atoms with Gasteiger partial charge in [-0.15, -0.1) is 0 Å². The number of nitrogens with zero attached hydrogens (tertiary/aromatic N) is 4. The molecule has 0 aliphatic carbocycles. The minimum atomic E-state index is -0.950. The number of nitriles is 1. The molecule has 0 aliphatic rings. The van der Waals surface area contributed by atoms with Gasteiger partial charge in [-0.05, 0) is 47.5 Å². The van der Waals surface area contributed by atoms with Crippen LogP contribution in [0.1, 0.15) is 16.7 Å².